The smallest absolute Gasteiger partial charge is 0.148 e. The van der Waals surface area contributed by atoms with Gasteiger partial charge in [-0.2, -0.15) is 5.10 Å². The van der Waals surface area contributed by atoms with E-state index in [4.69, 9.17) is 0 Å². The summed E-state index contributed by atoms with van der Waals surface area (Å²) in [6, 6.07) is 4.69. The highest BCUT2D eigenvalue weighted by molar-refractivity contribution is 9.11. The SMILES string of the molecule is Cn1ccc(NC2CCCc3sc(Br)cc32)n1. The molecular weight excluding hydrogens is 298 g/mol. The molecular formula is C12H14BrN3S. The van der Waals surface area contributed by atoms with Crippen molar-refractivity contribution >= 4 is 33.1 Å². The zero-order valence-electron chi connectivity index (χ0n) is 9.61. The summed E-state index contributed by atoms with van der Waals surface area (Å²) in [6.07, 6.45) is 5.62. The van der Waals surface area contributed by atoms with E-state index >= 15 is 0 Å². The second-order valence-electron chi connectivity index (χ2n) is 4.39. The van der Waals surface area contributed by atoms with E-state index < -0.39 is 0 Å². The highest BCUT2D eigenvalue weighted by atomic mass is 79.9. The molecule has 0 fully saturated rings. The van der Waals surface area contributed by atoms with E-state index in [1.807, 2.05) is 35.3 Å². The summed E-state index contributed by atoms with van der Waals surface area (Å²) in [4.78, 5) is 1.51. The van der Waals surface area contributed by atoms with Crippen molar-refractivity contribution in [3.63, 3.8) is 0 Å². The summed E-state index contributed by atoms with van der Waals surface area (Å²) in [7, 11) is 1.94. The van der Waals surface area contributed by atoms with Crippen LogP contribution in [0.2, 0.25) is 0 Å². The van der Waals surface area contributed by atoms with Gasteiger partial charge in [0.25, 0.3) is 0 Å². The first-order valence-corrected chi connectivity index (χ1v) is 7.37. The summed E-state index contributed by atoms with van der Waals surface area (Å²) in [6.45, 7) is 0. The quantitative estimate of drug-likeness (QED) is 0.915. The third-order valence-electron chi connectivity index (χ3n) is 3.12. The normalized spacial score (nSPS) is 19.1. The summed E-state index contributed by atoms with van der Waals surface area (Å²) < 4.78 is 3.06. The van der Waals surface area contributed by atoms with Crippen LogP contribution >= 0.6 is 27.3 Å². The molecule has 3 nitrogen and oxygen atoms in total. The zero-order valence-corrected chi connectivity index (χ0v) is 12.0. The number of aromatic nitrogens is 2. The lowest BCUT2D eigenvalue weighted by atomic mass is 9.94. The number of hydrogen-bond acceptors (Lipinski definition) is 3. The van der Waals surface area contributed by atoms with Crippen molar-refractivity contribution in [1.82, 2.24) is 9.78 Å². The van der Waals surface area contributed by atoms with E-state index in [1.165, 1.54) is 33.5 Å². The predicted molar refractivity (Wildman–Crippen MR) is 74.5 cm³/mol. The minimum absolute atomic E-state index is 0.413. The number of rotatable bonds is 2. The van der Waals surface area contributed by atoms with Gasteiger partial charge in [-0.1, -0.05) is 0 Å². The van der Waals surface area contributed by atoms with Crippen LogP contribution in [-0.4, -0.2) is 9.78 Å². The Labute approximate surface area is 113 Å². The van der Waals surface area contributed by atoms with Crippen molar-refractivity contribution in [2.24, 2.45) is 7.05 Å². The molecule has 0 aromatic carbocycles. The predicted octanol–water partition coefficient (Wildman–Crippen LogP) is 3.73. The Morgan fingerprint density at radius 2 is 2.47 bits per heavy atom. The van der Waals surface area contributed by atoms with Gasteiger partial charge in [0.05, 0.1) is 9.83 Å². The third-order valence-corrected chi connectivity index (χ3v) is 4.83. The lowest BCUT2D eigenvalue weighted by molar-refractivity contribution is 0.605. The van der Waals surface area contributed by atoms with Crippen molar-refractivity contribution in [2.45, 2.75) is 25.3 Å². The lowest BCUT2D eigenvalue weighted by Gasteiger charge is -2.23. The molecule has 5 heteroatoms. The maximum absolute atomic E-state index is 4.38. The molecule has 2 aromatic heterocycles. The van der Waals surface area contributed by atoms with Crippen LogP contribution < -0.4 is 5.32 Å². The highest BCUT2D eigenvalue weighted by Crippen LogP contribution is 2.39. The van der Waals surface area contributed by atoms with Crippen molar-refractivity contribution < 1.29 is 0 Å². The molecule has 2 aromatic rings. The van der Waals surface area contributed by atoms with Gasteiger partial charge in [-0.3, -0.25) is 4.68 Å². The number of hydrogen-bond donors (Lipinski definition) is 1. The van der Waals surface area contributed by atoms with Gasteiger partial charge in [0, 0.05) is 24.2 Å². The summed E-state index contributed by atoms with van der Waals surface area (Å²) in [5.74, 6) is 0.965. The lowest BCUT2D eigenvalue weighted by Crippen LogP contribution is -2.16. The van der Waals surface area contributed by atoms with Crippen LogP contribution in [-0.2, 0) is 13.5 Å². The zero-order chi connectivity index (χ0) is 11.8. The summed E-state index contributed by atoms with van der Waals surface area (Å²) >= 11 is 5.44. The maximum atomic E-state index is 4.38. The van der Waals surface area contributed by atoms with Crippen molar-refractivity contribution in [2.75, 3.05) is 5.32 Å². The molecule has 0 spiro atoms. The van der Waals surface area contributed by atoms with E-state index in [2.05, 4.69) is 32.4 Å². The van der Waals surface area contributed by atoms with Crippen molar-refractivity contribution in [3.8, 4) is 0 Å². The molecule has 90 valence electrons. The van der Waals surface area contributed by atoms with Crippen LogP contribution in [0.1, 0.15) is 29.3 Å². The van der Waals surface area contributed by atoms with Crippen LogP contribution in [0.3, 0.4) is 0 Å². The molecule has 17 heavy (non-hydrogen) atoms. The van der Waals surface area contributed by atoms with Gasteiger partial charge in [-0.15, -0.1) is 11.3 Å². The molecule has 0 aliphatic heterocycles. The van der Waals surface area contributed by atoms with Crippen molar-refractivity contribution in [3.05, 3.63) is 32.6 Å². The number of aryl methyl sites for hydroxylation is 2. The number of halogens is 1. The molecule has 0 radical (unpaired) electrons. The average molecular weight is 312 g/mol. The van der Waals surface area contributed by atoms with Gasteiger partial charge < -0.3 is 5.32 Å². The number of thiophene rings is 1. The first-order chi connectivity index (χ1) is 8.22. The topological polar surface area (TPSA) is 29.9 Å². The number of anilines is 1. The Balaban J connectivity index is 1.85. The fourth-order valence-electron chi connectivity index (χ4n) is 2.34. The largest absolute Gasteiger partial charge is 0.362 e. The van der Waals surface area contributed by atoms with Gasteiger partial charge in [0.2, 0.25) is 0 Å². The Morgan fingerprint density at radius 3 is 3.24 bits per heavy atom. The Bertz CT molecular complexity index is 532. The second-order valence-corrected chi connectivity index (χ2v) is 6.91. The molecule has 1 unspecified atom stereocenters. The third kappa shape index (κ3) is 2.26. The summed E-state index contributed by atoms with van der Waals surface area (Å²) in [5, 5.41) is 7.91. The molecule has 1 aliphatic rings. The van der Waals surface area contributed by atoms with Crippen LogP contribution in [0.15, 0.2) is 22.1 Å². The first-order valence-electron chi connectivity index (χ1n) is 5.76. The van der Waals surface area contributed by atoms with Crippen LogP contribution in [0.4, 0.5) is 5.82 Å². The average Bonchev–Trinajstić information content (AvgIpc) is 2.84. The van der Waals surface area contributed by atoms with E-state index in [0.717, 1.165) is 5.82 Å². The number of fused-ring (bicyclic) bond motifs is 1. The van der Waals surface area contributed by atoms with Gasteiger partial charge >= 0.3 is 0 Å². The molecule has 1 N–H and O–H groups in total. The van der Waals surface area contributed by atoms with E-state index in [9.17, 15) is 0 Å². The molecule has 1 atom stereocenters. The molecule has 3 rings (SSSR count). The monoisotopic (exact) mass is 311 g/mol. The van der Waals surface area contributed by atoms with E-state index in [-0.39, 0.29) is 0 Å². The molecule has 0 saturated heterocycles. The Hall–Kier alpha value is -0.810. The molecule has 0 amide bonds. The Kier molecular flexibility index (Phi) is 2.96. The fourth-order valence-corrected chi connectivity index (χ4v) is 4.16. The van der Waals surface area contributed by atoms with Crippen LogP contribution in [0, 0.1) is 0 Å². The highest BCUT2D eigenvalue weighted by Gasteiger charge is 2.22. The molecule has 0 saturated carbocycles. The molecule has 1 aliphatic carbocycles. The van der Waals surface area contributed by atoms with E-state index in [1.54, 1.807) is 0 Å². The summed E-state index contributed by atoms with van der Waals surface area (Å²) in [5.41, 5.74) is 1.44. The minimum atomic E-state index is 0.413. The number of nitrogens with zero attached hydrogens (tertiary/aromatic N) is 2. The molecule has 0 bridgehead atoms. The number of nitrogens with one attached hydrogen (secondary N) is 1. The Morgan fingerprint density at radius 1 is 1.59 bits per heavy atom. The van der Waals surface area contributed by atoms with Crippen LogP contribution in [0.5, 0.6) is 0 Å². The van der Waals surface area contributed by atoms with Crippen molar-refractivity contribution in [1.29, 1.82) is 0 Å². The van der Waals surface area contributed by atoms with Crippen LogP contribution in [0.25, 0.3) is 0 Å². The first kappa shape index (κ1) is 11.3. The maximum Gasteiger partial charge on any atom is 0.148 e. The van der Waals surface area contributed by atoms with Gasteiger partial charge in [0.15, 0.2) is 0 Å². The minimum Gasteiger partial charge on any atom is -0.362 e. The van der Waals surface area contributed by atoms with E-state index in [0.29, 0.717) is 6.04 Å². The fraction of sp³-hybridized carbons (Fsp3) is 0.417. The van der Waals surface area contributed by atoms with Gasteiger partial charge in [-0.05, 0) is 46.8 Å². The standard InChI is InChI=1S/C12H14BrN3S/c1-16-6-5-12(15-16)14-9-3-2-4-10-8(9)7-11(13)17-10/h5-7,9H,2-4H2,1H3,(H,14,15). The van der Waals surface area contributed by atoms with Gasteiger partial charge in [0.1, 0.15) is 5.82 Å². The van der Waals surface area contributed by atoms with Gasteiger partial charge in [-0.25, -0.2) is 0 Å². The second kappa shape index (κ2) is 4.46. The molecule has 2 heterocycles.